The molecule has 0 amide bonds. The van der Waals surface area contributed by atoms with Crippen molar-refractivity contribution in [2.24, 2.45) is 0 Å². The summed E-state index contributed by atoms with van der Waals surface area (Å²) in [5.41, 5.74) is 1.95. The molecule has 0 aliphatic carbocycles. The fraction of sp³-hybridized carbons (Fsp3) is 0.0909. The smallest absolute Gasteiger partial charge is 0.153 e. The van der Waals surface area contributed by atoms with Crippen LogP contribution in [0.25, 0.3) is 5.69 Å². The summed E-state index contributed by atoms with van der Waals surface area (Å²) in [4.78, 5) is 10.7. The van der Waals surface area contributed by atoms with Crippen LogP contribution in [0.5, 0.6) is 0 Å². The van der Waals surface area contributed by atoms with E-state index >= 15 is 0 Å². The Balaban J connectivity index is 2.53. The quantitative estimate of drug-likeness (QED) is 0.771. The number of benzene rings is 1. The molecule has 0 N–H and O–H groups in total. The minimum Gasteiger partial charge on any atom is -0.298 e. The number of aryl methyl sites for hydroxylation is 1. The first-order valence-corrected chi connectivity index (χ1v) is 5.33. The fourth-order valence-electron chi connectivity index (χ4n) is 1.39. The Morgan fingerprint density at radius 3 is 2.38 bits per heavy atom. The van der Waals surface area contributed by atoms with Crippen LogP contribution >= 0.6 is 23.2 Å². The molecular weight excluding hydrogens is 247 g/mol. The first-order chi connectivity index (χ1) is 7.60. The molecule has 5 heteroatoms. The first-order valence-electron chi connectivity index (χ1n) is 4.58. The molecule has 0 bridgehead atoms. The van der Waals surface area contributed by atoms with Crippen LogP contribution in [0.15, 0.2) is 24.4 Å². The Bertz CT molecular complexity index is 529. The van der Waals surface area contributed by atoms with Gasteiger partial charge in [-0.1, -0.05) is 23.2 Å². The molecule has 3 nitrogen and oxygen atoms in total. The van der Waals surface area contributed by atoms with Gasteiger partial charge in [-0.05, 0) is 25.1 Å². The topological polar surface area (TPSA) is 34.9 Å². The number of aldehydes is 1. The highest BCUT2D eigenvalue weighted by Crippen LogP contribution is 2.21. The molecule has 0 aliphatic rings. The number of rotatable bonds is 2. The third kappa shape index (κ3) is 2.10. The lowest BCUT2D eigenvalue weighted by molar-refractivity contribution is 0.112. The highest BCUT2D eigenvalue weighted by Gasteiger charge is 2.06. The number of aromatic nitrogens is 2. The number of halogens is 2. The SMILES string of the molecule is Cc1nn(-c2cc(Cl)cc(Cl)c2)cc1C=O. The summed E-state index contributed by atoms with van der Waals surface area (Å²) in [6.07, 6.45) is 2.41. The third-order valence-corrected chi connectivity index (χ3v) is 2.61. The molecule has 16 heavy (non-hydrogen) atoms. The van der Waals surface area contributed by atoms with Gasteiger partial charge >= 0.3 is 0 Å². The van der Waals surface area contributed by atoms with Crippen LogP contribution in [-0.4, -0.2) is 16.1 Å². The molecule has 0 saturated heterocycles. The minimum absolute atomic E-state index is 0.531. The van der Waals surface area contributed by atoms with Crippen LogP contribution in [0.1, 0.15) is 16.1 Å². The number of carbonyl (C=O) groups is 1. The van der Waals surface area contributed by atoms with E-state index in [1.165, 1.54) is 0 Å². The fourth-order valence-corrected chi connectivity index (χ4v) is 1.91. The summed E-state index contributed by atoms with van der Waals surface area (Å²) in [6, 6.07) is 5.10. The van der Waals surface area contributed by atoms with Gasteiger partial charge in [0.25, 0.3) is 0 Å². The molecule has 0 spiro atoms. The second-order valence-corrected chi connectivity index (χ2v) is 4.23. The van der Waals surface area contributed by atoms with Crippen LogP contribution in [0.4, 0.5) is 0 Å². The predicted molar refractivity (Wildman–Crippen MR) is 63.7 cm³/mol. The normalized spacial score (nSPS) is 10.4. The zero-order chi connectivity index (χ0) is 11.7. The van der Waals surface area contributed by atoms with Gasteiger partial charge in [0.2, 0.25) is 0 Å². The highest BCUT2D eigenvalue weighted by molar-refractivity contribution is 6.34. The lowest BCUT2D eigenvalue weighted by atomic mass is 10.3. The monoisotopic (exact) mass is 254 g/mol. The Morgan fingerprint density at radius 2 is 1.88 bits per heavy atom. The maximum Gasteiger partial charge on any atom is 0.153 e. The van der Waals surface area contributed by atoms with Crippen molar-refractivity contribution in [3.05, 3.63) is 45.7 Å². The molecule has 0 unspecified atom stereocenters. The standard InChI is InChI=1S/C11H8Cl2N2O/c1-7-8(6-16)5-15(14-7)11-3-9(12)2-10(13)4-11/h2-6H,1H3. The van der Waals surface area contributed by atoms with Gasteiger partial charge in [0.15, 0.2) is 6.29 Å². The lowest BCUT2D eigenvalue weighted by Crippen LogP contribution is -1.94. The van der Waals surface area contributed by atoms with Crippen LogP contribution in [0, 0.1) is 6.92 Å². The van der Waals surface area contributed by atoms with Crippen LogP contribution in [-0.2, 0) is 0 Å². The molecular formula is C11H8Cl2N2O. The molecule has 0 radical (unpaired) electrons. The summed E-state index contributed by atoms with van der Waals surface area (Å²) in [6.45, 7) is 1.77. The zero-order valence-corrected chi connectivity index (χ0v) is 9.96. The summed E-state index contributed by atoms with van der Waals surface area (Å²) in [5, 5.41) is 5.26. The van der Waals surface area contributed by atoms with Gasteiger partial charge in [-0.25, -0.2) is 4.68 Å². The van der Waals surface area contributed by atoms with Gasteiger partial charge in [-0.15, -0.1) is 0 Å². The number of nitrogens with zero attached hydrogens (tertiary/aromatic N) is 2. The first kappa shape index (κ1) is 11.2. The van der Waals surface area contributed by atoms with E-state index in [0.717, 1.165) is 12.0 Å². The van der Waals surface area contributed by atoms with Gasteiger partial charge < -0.3 is 0 Å². The van der Waals surface area contributed by atoms with Crippen molar-refractivity contribution in [2.75, 3.05) is 0 Å². The summed E-state index contributed by atoms with van der Waals surface area (Å²) < 4.78 is 1.58. The average Bonchev–Trinajstić information content (AvgIpc) is 2.58. The number of carbonyl (C=O) groups excluding carboxylic acids is 1. The van der Waals surface area contributed by atoms with Crippen LogP contribution in [0.3, 0.4) is 0 Å². The number of hydrogen-bond donors (Lipinski definition) is 0. The Morgan fingerprint density at radius 1 is 1.25 bits per heavy atom. The molecule has 1 aromatic heterocycles. The van der Waals surface area contributed by atoms with Crippen molar-refractivity contribution < 1.29 is 4.79 Å². The van der Waals surface area contributed by atoms with Crippen LogP contribution < -0.4 is 0 Å². The summed E-state index contributed by atoms with van der Waals surface area (Å²) >= 11 is 11.8. The van der Waals surface area contributed by atoms with E-state index in [0.29, 0.717) is 21.3 Å². The second-order valence-electron chi connectivity index (χ2n) is 3.36. The summed E-state index contributed by atoms with van der Waals surface area (Å²) in [7, 11) is 0. The molecule has 2 aromatic rings. The largest absolute Gasteiger partial charge is 0.298 e. The van der Waals surface area contributed by atoms with Gasteiger partial charge in [0.1, 0.15) is 0 Å². The van der Waals surface area contributed by atoms with Crippen molar-refractivity contribution >= 4 is 29.5 Å². The van der Waals surface area contributed by atoms with Crippen molar-refractivity contribution in [1.29, 1.82) is 0 Å². The van der Waals surface area contributed by atoms with E-state index in [4.69, 9.17) is 23.2 Å². The molecule has 0 atom stereocenters. The molecule has 1 aromatic carbocycles. The Hall–Kier alpha value is -1.32. The van der Waals surface area contributed by atoms with Crippen LogP contribution in [0.2, 0.25) is 10.0 Å². The highest BCUT2D eigenvalue weighted by atomic mass is 35.5. The predicted octanol–water partition coefficient (Wildman–Crippen LogP) is 3.30. The molecule has 82 valence electrons. The van der Waals surface area contributed by atoms with Gasteiger partial charge in [0, 0.05) is 16.2 Å². The average molecular weight is 255 g/mol. The van der Waals surface area contributed by atoms with E-state index < -0.39 is 0 Å². The van der Waals surface area contributed by atoms with Crippen molar-refractivity contribution in [3.8, 4) is 5.69 Å². The maximum atomic E-state index is 10.7. The number of hydrogen-bond acceptors (Lipinski definition) is 2. The second kappa shape index (κ2) is 4.28. The van der Waals surface area contributed by atoms with Crippen molar-refractivity contribution in [3.63, 3.8) is 0 Å². The van der Waals surface area contributed by atoms with Crippen molar-refractivity contribution in [1.82, 2.24) is 9.78 Å². The molecule has 1 heterocycles. The molecule has 0 saturated carbocycles. The van der Waals surface area contributed by atoms with Crippen molar-refractivity contribution in [2.45, 2.75) is 6.92 Å². The van der Waals surface area contributed by atoms with Gasteiger partial charge in [-0.3, -0.25) is 4.79 Å². The summed E-state index contributed by atoms with van der Waals surface area (Å²) in [5.74, 6) is 0. The third-order valence-electron chi connectivity index (χ3n) is 2.18. The van der Waals surface area contributed by atoms with Gasteiger partial charge in [-0.2, -0.15) is 5.10 Å². The van der Waals surface area contributed by atoms with E-state index in [1.54, 1.807) is 36.0 Å². The lowest BCUT2D eigenvalue weighted by Gasteiger charge is -2.02. The van der Waals surface area contributed by atoms with Gasteiger partial charge in [0.05, 0.1) is 16.9 Å². The van der Waals surface area contributed by atoms with E-state index in [1.807, 2.05) is 0 Å². The van der Waals surface area contributed by atoms with E-state index in [2.05, 4.69) is 5.10 Å². The maximum absolute atomic E-state index is 10.7. The van der Waals surface area contributed by atoms with E-state index in [9.17, 15) is 4.79 Å². The molecule has 0 aliphatic heterocycles. The molecule has 2 rings (SSSR count). The Labute approximate surface area is 103 Å². The Kier molecular flexibility index (Phi) is 2.99. The zero-order valence-electron chi connectivity index (χ0n) is 8.45. The van der Waals surface area contributed by atoms with E-state index in [-0.39, 0.29) is 0 Å². The molecule has 0 fully saturated rings. The minimum atomic E-state index is 0.531.